The van der Waals surface area contributed by atoms with Crippen LogP contribution in [0.4, 0.5) is 0 Å². The normalized spacial score (nSPS) is 17.7. The van der Waals surface area contributed by atoms with Crippen LogP contribution < -0.4 is 5.32 Å². The molecule has 4 heterocycles. The van der Waals surface area contributed by atoms with E-state index in [1.165, 1.54) is 15.6 Å². The molecule has 158 valence electrons. The number of nitrogens with one attached hydrogen (secondary N) is 1. The van der Waals surface area contributed by atoms with Crippen LogP contribution in [0.25, 0.3) is 5.82 Å². The van der Waals surface area contributed by atoms with Gasteiger partial charge in [0.15, 0.2) is 0 Å². The Labute approximate surface area is 179 Å². The lowest BCUT2D eigenvalue weighted by atomic mass is 9.99. The number of hydrogen-bond donors (Lipinski definition) is 1. The topological polar surface area (TPSA) is 97.2 Å². The lowest BCUT2D eigenvalue weighted by molar-refractivity contribution is -0.126. The number of nitrogens with zero attached hydrogens (tertiary/aromatic N) is 4. The van der Waals surface area contributed by atoms with Gasteiger partial charge in [-0.15, -0.1) is 11.3 Å². The summed E-state index contributed by atoms with van der Waals surface area (Å²) in [6.07, 6.45) is 6.60. The van der Waals surface area contributed by atoms with E-state index >= 15 is 0 Å². The van der Waals surface area contributed by atoms with E-state index in [-0.39, 0.29) is 18.4 Å². The summed E-state index contributed by atoms with van der Waals surface area (Å²) in [7, 11) is -3.53. The van der Waals surface area contributed by atoms with Crippen molar-refractivity contribution in [2.24, 2.45) is 5.92 Å². The number of carbonyl (C=O) groups is 1. The molecule has 1 N–H and O–H groups in total. The summed E-state index contributed by atoms with van der Waals surface area (Å²) in [4.78, 5) is 21.3. The van der Waals surface area contributed by atoms with Crippen LogP contribution in [0.1, 0.15) is 24.2 Å². The second-order valence-electron chi connectivity index (χ2n) is 7.22. The highest BCUT2D eigenvalue weighted by Gasteiger charge is 2.33. The number of aryl methyl sites for hydroxylation is 1. The molecule has 0 aromatic carbocycles. The summed E-state index contributed by atoms with van der Waals surface area (Å²) in [6, 6.07) is 7.08. The van der Waals surface area contributed by atoms with E-state index in [0.29, 0.717) is 30.1 Å². The van der Waals surface area contributed by atoms with Crippen LogP contribution in [-0.4, -0.2) is 46.3 Å². The monoisotopic (exact) mass is 445 g/mol. The Bertz CT molecular complexity index is 1130. The zero-order chi connectivity index (χ0) is 21.1. The van der Waals surface area contributed by atoms with Crippen molar-refractivity contribution in [3.8, 4) is 5.82 Å². The zero-order valence-corrected chi connectivity index (χ0v) is 18.2. The summed E-state index contributed by atoms with van der Waals surface area (Å²) in [5, 5.41) is 4.70. The van der Waals surface area contributed by atoms with Crippen LogP contribution in [0.5, 0.6) is 0 Å². The summed E-state index contributed by atoms with van der Waals surface area (Å²) in [5.41, 5.74) is 0.917. The minimum Gasteiger partial charge on any atom is -0.352 e. The first-order valence-electron chi connectivity index (χ1n) is 9.72. The second-order valence-corrected chi connectivity index (χ2v) is 10.3. The van der Waals surface area contributed by atoms with E-state index in [4.69, 9.17) is 0 Å². The maximum atomic E-state index is 12.8. The van der Waals surface area contributed by atoms with E-state index in [1.54, 1.807) is 29.9 Å². The largest absolute Gasteiger partial charge is 0.352 e. The fourth-order valence-electron chi connectivity index (χ4n) is 3.57. The van der Waals surface area contributed by atoms with Crippen molar-refractivity contribution >= 4 is 27.3 Å². The molecule has 1 atom stereocenters. The highest BCUT2D eigenvalue weighted by molar-refractivity contribution is 7.91. The SMILES string of the molecule is Cc1nccn1-c1cc(CNC(=O)C2CCCN(S(=O)(=O)c3cccs3)C2)ccn1. The average molecular weight is 446 g/mol. The van der Waals surface area contributed by atoms with Crippen LogP contribution in [0.15, 0.2) is 52.4 Å². The van der Waals surface area contributed by atoms with Crippen molar-refractivity contribution in [1.82, 2.24) is 24.2 Å². The Kier molecular flexibility index (Phi) is 5.98. The summed E-state index contributed by atoms with van der Waals surface area (Å²) < 4.78 is 29.2. The van der Waals surface area contributed by atoms with Crippen molar-refractivity contribution in [3.05, 3.63) is 59.6 Å². The molecule has 10 heteroatoms. The van der Waals surface area contributed by atoms with E-state index in [9.17, 15) is 13.2 Å². The molecule has 0 radical (unpaired) electrons. The Morgan fingerprint density at radius 3 is 2.90 bits per heavy atom. The minimum absolute atomic E-state index is 0.127. The third-order valence-corrected chi connectivity index (χ3v) is 8.43. The molecule has 30 heavy (non-hydrogen) atoms. The molecule has 4 rings (SSSR count). The minimum atomic E-state index is -3.53. The number of aromatic nitrogens is 3. The molecule has 0 spiro atoms. The van der Waals surface area contributed by atoms with Gasteiger partial charge in [0.05, 0.1) is 5.92 Å². The summed E-state index contributed by atoms with van der Waals surface area (Å²) >= 11 is 1.20. The predicted octanol–water partition coefficient (Wildman–Crippen LogP) is 2.35. The number of amides is 1. The highest BCUT2D eigenvalue weighted by Crippen LogP contribution is 2.26. The molecule has 1 aliphatic rings. The maximum Gasteiger partial charge on any atom is 0.252 e. The van der Waals surface area contributed by atoms with Crippen LogP contribution >= 0.6 is 11.3 Å². The van der Waals surface area contributed by atoms with Crippen molar-refractivity contribution < 1.29 is 13.2 Å². The van der Waals surface area contributed by atoms with E-state index < -0.39 is 10.0 Å². The number of pyridine rings is 1. The Balaban J connectivity index is 1.39. The maximum absolute atomic E-state index is 12.8. The first-order chi connectivity index (χ1) is 14.4. The summed E-state index contributed by atoms with van der Waals surface area (Å²) in [5.74, 6) is 1.09. The number of hydrogen-bond acceptors (Lipinski definition) is 6. The fourth-order valence-corrected chi connectivity index (χ4v) is 6.24. The van der Waals surface area contributed by atoms with Crippen molar-refractivity contribution in [3.63, 3.8) is 0 Å². The number of thiophene rings is 1. The third kappa shape index (κ3) is 4.30. The lowest BCUT2D eigenvalue weighted by Crippen LogP contribution is -2.45. The van der Waals surface area contributed by atoms with E-state index in [0.717, 1.165) is 17.2 Å². The van der Waals surface area contributed by atoms with Gasteiger partial charge in [-0.25, -0.2) is 18.4 Å². The van der Waals surface area contributed by atoms with Crippen molar-refractivity contribution in [2.75, 3.05) is 13.1 Å². The van der Waals surface area contributed by atoms with Gasteiger partial charge in [0.25, 0.3) is 10.0 Å². The number of sulfonamides is 1. The summed E-state index contributed by atoms with van der Waals surface area (Å²) in [6.45, 7) is 2.91. The van der Waals surface area contributed by atoms with Gasteiger partial charge in [-0.05, 0) is 48.9 Å². The quantitative estimate of drug-likeness (QED) is 0.628. The Morgan fingerprint density at radius 1 is 1.30 bits per heavy atom. The number of imidazole rings is 1. The third-order valence-electron chi connectivity index (χ3n) is 5.19. The van der Waals surface area contributed by atoms with Crippen LogP contribution in [0, 0.1) is 12.8 Å². The average Bonchev–Trinajstić information content (AvgIpc) is 3.44. The van der Waals surface area contributed by atoms with Gasteiger partial charge in [-0.1, -0.05) is 6.07 Å². The van der Waals surface area contributed by atoms with Crippen molar-refractivity contribution in [2.45, 2.75) is 30.5 Å². The highest BCUT2D eigenvalue weighted by atomic mass is 32.2. The number of rotatable bonds is 6. The first kappa shape index (κ1) is 20.7. The van der Waals surface area contributed by atoms with Gasteiger partial charge < -0.3 is 5.32 Å². The standard InChI is InChI=1S/C20H23N5O3S2/c1-15-21-8-10-25(15)18-12-16(6-7-22-18)13-23-20(26)17-4-2-9-24(14-17)30(27,28)19-5-3-11-29-19/h3,5-8,10-12,17H,2,4,9,13-14H2,1H3,(H,23,26). The second kappa shape index (κ2) is 8.66. The molecule has 8 nitrogen and oxygen atoms in total. The molecule has 0 saturated carbocycles. The molecule has 3 aromatic rings. The van der Waals surface area contributed by atoms with Crippen LogP contribution in [-0.2, 0) is 21.4 Å². The Morgan fingerprint density at radius 2 is 2.17 bits per heavy atom. The van der Waals surface area contributed by atoms with Gasteiger partial charge in [0.1, 0.15) is 15.9 Å². The zero-order valence-electron chi connectivity index (χ0n) is 16.6. The molecule has 1 unspecified atom stereocenters. The smallest absolute Gasteiger partial charge is 0.252 e. The molecule has 1 fully saturated rings. The molecule has 1 saturated heterocycles. The lowest BCUT2D eigenvalue weighted by Gasteiger charge is -2.30. The van der Waals surface area contributed by atoms with Gasteiger partial charge in [0, 0.05) is 38.2 Å². The molecule has 3 aromatic heterocycles. The van der Waals surface area contributed by atoms with Gasteiger partial charge in [-0.2, -0.15) is 4.31 Å². The molecular formula is C20H23N5O3S2. The van der Waals surface area contributed by atoms with Crippen LogP contribution in [0.3, 0.4) is 0 Å². The van der Waals surface area contributed by atoms with Gasteiger partial charge in [-0.3, -0.25) is 9.36 Å². The molecule has 1 amide bonds. The molecule has 1 aliphatic heterocycles. The van der Waals surface area contributed by atoms with E-state index in [1.807, 2.05) is 29.8 Å². The van der Waals surface area contributed by atoms with E-state index in [2.05, 4.69) is 15.3 Å². The van der Waals surface area contributed by atoms with Gasteiger partial charge in [0.2, 0.25) is 5.91 Å². The van der Waals surface area contributed by atoms with Crippen molar-refractivity contribution in [1.29, 1.82) is 0 Å². The number of carbonyl (C=O) groups excluding carboxylic acids is 1. The molecule has 0 aliphatic carbocycles. The molecular weight excluding hydrogens is 422 g/mol. The van der Waals surface area contributed by atoms with Crippen LogP contribution in [0.2, 0.25) is 0 Å². The first-order valence-corrected chi connectivity index (χ1v) is 12.0. The molecule has 0 bridgehead atoms. The van der Waals surface area contributed by atoms with Gasteiger partial charge >= 0.3 is 0 Å². The number of piperidine rings is 1. The fraction of sp³-hybridized carbons (Fsp3) is 0.350. The predicted molar refractivity (Wildman–Crippen MR) is 114 cm³/mol. The Hall–Kier alpha value is -2.56.